The van der Waals surface area contributed by atoms with E-state index in [4.69, 9.17) is 4.74 Å². The summed E-state index contributed by atoms with van der Waals surface area (Å²) in [6.07, 6.45) is 3.79. The van der Waals surface area contributed by atoms with Gasteiger partial charge in [-0.1, -0.05) is 0 Å². The van der Waals surface area contributed by atoms with Gasteiger partial charge in [0.05, 0.1) is 0 Å². The van der Waals surface area contributed by atoms with Crippen molar-refractivity contribution in [3.63, 3.8) is 0 Å². The van der Waals surface area contributed by atoms with Gasteiger partial charge in [-0.2, -0.15) is 0 Å². The zero-order valence-electron chi connectivity index (χ0n) is 22.4. The van der Waals surface area contributed by atoms with Crippen LogP contribution in [0.15, 0.2) is 53.0 Å². The van der Waals surface area contributed by atoms with Crippen molar-refractivity contribution in [2.45, 2.75) is 43.4 Å². The van der Waals surface area contributed by atoms with E-state index >= 15 is 0 Å². The second-order valence-electron chi connectivity index (χ2n) is 9.23. The molecule has 0 saturated carbocycles. The molecule has 1 unspecified atom stereocenters. The van der Waals surface area contributed by atoms with E-state index < -0.39 is 38.1 Å². The average molecular weight is 633 g/mol. The van der Waals surface area contributed by atoms with E-state index in [-0.39, 0.29) is 28.5 Å². The minimum atomic E-state index is -1.71. The van der Waals surface area contributed by atoms with E-state index in [9.17, 15) is 23.5 Å². The fourth-order valence-electron chi connectivity index (χ4n) is 3.97. The Morgan fingerprint density at radius 1 is 1.16 bits per heavy atom. The number of carboxylic acids is 1. The predicted octanol–water partition coefficient (Wildman–Crippen LogP) is 7.00. The van der Waals surface area contributed by atoms with Crippen LogP contribution in [0.2, 0.25) is 9.24 Å². The molecular formula is C29H33F2N2O4Sb. The Bertz CT molecular complexity index is 1430. The summed E-state index contributed by atoms with van der Waals surface area (Å²) in [5, 5.41) is 9.93. The molecule has 3 rings (SSSR count). The van der Waals surface area contributed by atoms with E-state index in [1.807, 2.05) is 26.0 Å². The number of nitrogens with zero attached hydrogens (tertiary/aromatic N) is 1. The first-order chi connectivity index (χ1) is 18.0. The average Bonchev–Trinajstić information content (AvgIpc) is 2.88. The normalized spacial score (nSPS) is 12.5. The molecule has 0 aliphatic carbocycles. The molecule has 2 N–H and O–H groups in total. The van der Waals surface area contributed by atoms with Gasteiger partial charge in [-0.3, -0.25) is 0 Å². The molecule has 38 heavy (non-hydrogen) atoms. The molecule has 0 radical (unpaired) electrons. The van der Waals surface area contributed by atoms with E-state index in [0.29, 0.717) is 28.7 Å². The maximum atomic E-state index is 14.5. The van der Waals surface area contributed by atoms with Gasteiger partial charge in [0, 0.05) is 0 Å². The molecule has 0 spiro atoms. The second-order valence-corrected chi connectivity index (χ2v) is 15.7. The Morgan fingerprint density at radius 2 is 1.84 bits per heavy atom. The third-order valence-corrected chi connectivity index (χ3v) is 11.1. The molecule has 6 nitrogen and oxygen atoms in total. The molecule has 3 aromatic rings. The fraction of sp³-hybridized carbons (Fsp3) is 0.310. The van der Waals surface area contributed by atoms with Crippen LogP contribution in [0.3, 0.4) is 0 Å². The Balaban J connectivity index is 2.34. The Hall–Kier alpha value is -3.12. The van der Waals surface area contributed by atoms with Crippen molar-refractivity contribution in [2.24, 2.45) is 13.0 Å². The summed E-state index contributed by atoms with van der Waals surface area (Å²) in [6.45, 7) is 7.51. The van der Waals surface area contributed by atoms with Crippen molar-refractivity contribution in [2.75, 3.05) is 3.48 Å². The summed E-state index contributed by atoms with van der Waals surface area (Å²) in [4.78, 5) is 27.3. The standard InChI is InChI=1S/C26H25F2N2O4.C2H5.CH3.Sb/c1-5-14(2)18(26(32)33)12-19-15(3)25(31)30(4)13-21(19)20-11-17(29)7-9-23(20)34-24-8-6-16(27)10-22(24)28;1-2;;/h6-14,29H,5H2,1-4H3,(H,32,33);1H2,2H3;1H3;/q-1;;;+1/b18-12+;;;. The van der Waals surface area contributed by atoms with Gasteiger partial charge in [0.25, 0.3) is 0 Å². The molecular weight excluding hydrogens is 600 g/mol. The number of pyridine rings is 1. The monoisotopic (exact) mass is 632 g/mol. The van der Waals surface area contributed by atoms with E-state index in [1.165, 1.54) is 10.6 Å². The molecule has 2 aromatic carbocycles. The number of hydrogen-bond acceptors (Lipinski definition) is 4. The predicted molar refractivity (Wildman–Crippen MR) is 149 cm³/mol. The molecule has 0 fully saturated rings. The topological polar surface area (TPSA) is 80.6 Å². The van der Waals surface area contributed by atoms with Gasteiger partial charge in [-0.25, -0.2) is 0 Å². The number of ether oxygens (including phenoxy) is 1. The van der Waals surface area contributed by atoms with Crippen LogP contribution in [0, 0.1) is 24.5 Å². The summed E-state index contributed by atoms with van der Waals surface area (Å²) in [7, 11) is 1.62. The Labute approximate surface area is 229 Å². The Kier molecular flexibility index (Phi) is 9.77. The molecule has 0 bridgehead atoms. The number of aryl methyl sites for hydroxylation is 1. The van der Waals surface area contributed by atoms with Crippen molar-refractivity contribution >= 4 is 38.2 Å². The minimum absolute atomic E-state index is 0.155. The Morgan fingerprint density at radius 3 is 2.45 bits per heavy atom. The second kappa shape index (κ2) is 12.6. The molecule has 0 amide bonds. The van der Waals surface area contributed by atoms with Crippen molar-refractivity contribution in [3.05, 3.63) is 81.3 Å². The van der Waals surface area contributed by atoms with Crippen LogP contribution in [0.25, 0.3) is 17.2 Å². The van der Waals surface area contributed by atoms with Crippen LogP contribution >= 0.6 is 0 Å². The number of carboxylic acid groups (broad SMARTS) is 1. The summed E-state index contributed by atoms with van der Waals surface area (Å²) in [5.41, 5.74) is 2.71. The number of hydrogen-bond donors (Lipinski definition) is 2. The van der Waals surface area contributed by atoms with Crippen LogP contribution in [0.5, 0.6) is 11.5 Å². The van der Waals surface area contributed by atoms with E-state index in [1.54, 1.807) is 32.3 Å². The van der Waals surface area contributed by atoms with Gasteiger partial charge >= 0.3 is 230 Å². The van der Waals surface area contributed by atoms with Gasteiger partial charge in [0.1, 0.15) is 0 Å². The van der Waals surface area contributed by atoms with E-state index in [2.05, 4.69) is 15.3 Å². The number of rotatable bonds is 10. The molecule has 1 heterocycles. The first kappa shape index (κ1) is 29.4. The van der Waals surface area contributed by atoms with Crippen molar-refractivity contribution in [3.8, 4) is 22.6 Å². The number of carbonyl (C=O) groups is 1. The van der Waals surface area contributed by atoms with Crippen LogP contribution < -0.4 is 13.8 Å². The van der Waals surface area contributed by atoms with E-state index in [0.717, 1.165) is 22.2 Å². The molecule has 0 aliphatic rings. The molecule has 0 saturated heterocycles. The van der Waals surface area contributed by atoms with Crippen LogP contribution in [0.4, 0.5) is 14.5 Å². The number of nitrogens with one attached hydrogen (secondary N) is 1. The van der Waals surface area contributed by atoms with Crippen LogP contribution in [-0.2, 0) is 11.8 Å². The SMILES string of the molecule is CCC(C)/C(=C\c1c(-c2cc([NH][Sb]([CH3])[CH2]C)ccc2Oc2ccc(F)cc2F)cn(C)c(=O)c1C)C(=O)O. The van der Waals surface area contributed by atoms with Crippen molar-refractivity contribution in [1.82, 2.24) is 4.57 Å². The fourth-order valence-corrected chi connectivity index (χ4v) is 6.08. The molecule has 202 valence electrons. The molecule has 1 aromatic heterocycles. The van der Waals surface area contributed by atoms with Gasteiger partial charge in [-0.15, -0.1) is 0 Å². The zero-order chi connectivity index (χ0) is 28.1. The summed E-state index contributed by atoms with van der Waals surface area (Å²) < 4.78 is 40.1. The van der Waals surface area contributed by atoms with Gasteiger partial charge < -0.3 is 0 Å². The number of benzene rings is 2. The van der Waals surface area contributed by atoms with Gasteiger partial charge in [0.2, 0.25) is 0 Å². The third kappa shape index (κ3) is 6.65. The molecule has 9 heteroatoms. The first-order valence-electron chi connectivity index (χ1n) is 12.4. The van der Waals surface area contributed by atoms with Crippen LogP contribution in [0.1, 0.15) is 38.3 Å². The van der Waals surface area contributed by atoms with Crippen molar-refractivity contribution < 1.29 is 23.4 Å². The molecule has 0 aliphatic heterocycles. The number of anilines is 1. The van der Waals surface area contributed by atoms with Gasteiger partial charge in [0.15, 0.2) is 0 Å². The zero-order valence-corrected chi connectivity index (χ0v) is 25.0. The summed E-state index contributed by atoms with van der Waals surface area (Å²) >= 11 is -1.71. The van der Waals surface area contributed by atoms with Crippen LogP contribution in [-0.4, -0.2) is 36.1 Å². The first-order valence-corrected chi connectivity index (χ1v) is 18.0. The number of halogens is 2. The summed E-state index contributed by atoms with van der Waals surface area (Å²) in [5.74, 6) is -2.76. The maximum absolute atomic E-state index is 14.5. The summed E-state index contributed by atoms with van der Waals surface area (Å²) in [6, 6.07) is 8.48. The molecule has 1 atom stereocenters. The quantitative estimate of drug-likeness (QED) is 0.186. The van der Waals surface area contributed by atoms with Gasteiger partial charge in [-0.05, 0) is 0 Å². The number of aromatic nitrogens is 1. The number of aliphatic carboxylic acids is 1. The third-order valence-electron chi connectivity index (χ3n) is 6.53. The van der Waals surface area contributed by atoms with Crippen molar-refractivity contribution in [1.29, 1.82) is 0 Å².